The number of para-hydroxylation sites is 2. The maximum absolute atomic E-state index is 12.3. The van der Waals surface area contributed by atoms with E-state index < -0.39 is 4.92 Å². The number of piperazine rings is 1. The smallest absolute Gasteiger partial charge is 0.322 e. The third-order valence-electron chi connectivity index (χ3n) is 3.78. The molecule has 0 spiro atoms. The van der Waals surface area contributed by atoms with E-state index in [-0.39, 0.29) is 17.4 Å². The van der Waals surface area contributed by atoms with Crippen molar-refractivity contribution in [3.8, 4) is 0 Å². The summed E-state index contributed by atoms with van der Waals surface area (Å²) in [4.78, 5) is 34.8. The second kappa shape index (κ2) is 6.90. The fraction of sp³-hybridized carbons (Fsp3) is 0.267. The van der Waals surface area contributed by atoms with Gasteiger partial charge in [0.2, 0.25) is 0 Å². The summed E-state index contributed by atoms with van der Waals surface area (Å²) in [5.74, 6) is 0.774. The van der Waals surface area contributed by atoms with Crippen LogP contribution in [-0.4, -0.2) is 52.0 Å². The number of hydrogen-bond donors (Lipinski definition) is 1. The van der Waals surface area contributed by atoms with Gasteiger partial charge in [-0.3, -0.25) is 15.1 Å². The molecule has 0 bridgehead atoms. The summed E-state index contributed by atoms with van der Waals surface area (Å²) < 4.78 is 0. The summed E-state index contributed by atoms with van der Waals surface area (Å²) in [5, 5.41) is 13.6. The first-order valence-corrected chi connectivity index (χ1v) is 7.45. The maximum Gasteiger partial charge on any atom is 0.322 e. The van der Waals surface area contributed by atoms with Crippen LogP contribution in [0.5, 0.6) is 0 Å². The van der Waals surface area contributed by atoms with E-state index in [0.717, 1.165) is 5.82 Å². The topological polar surface area (TPSA) is 104 Å². The van der Waals surface area contributed by atoms with Crippen molar-refractivity contribution in [1.82, 2.24) is 14.9 Å². The van der Waals surface area contributed by atoms with Crippen LogP contribution in [0.25, 0.3) is 0 Å². The standard InChI is InChI=1S/C15H16N6O3/c22-15(18-12-3-1-2-4-13(12)21(23)24)20-9-7-19(8-10-20)14-11-16-5-6-17-14/h1-6,11H,7-10H2,(H,18,22). The first-order valence-electron chi connectivity index (χ1n) is 7.45. The summed E-state index contributed by atoms with van der Waals surface area (Å²) in [6.07, 6.45) is 4.92. The Labute approximate surface area is 138 Å². The van der Waals surface area contributed by atoms with E-state index in [9.17, 15) is 14.9 Å². The lowest BCUT2D eigenvalue weighted by Crippen LogP contribution is -2.50. The summed E-state index contributed by atoms with van der Waals surface area (Å²) in [6, 6.07) is 5.75. The Morgan fingerprint density at radius 2 is 1.92 bits per heavy atom. The fourth-order valence-electron chi connectivity index (χ4n) is 2.53. The molecule has 1 aliphatic rings. The Bertz CT molecular complexity index is 731. The lowest BCUT2D eigenvalue weighted by atomic mass is 10.2. The van der Waals surface area contributed by atoms with Crippen LogP contribution in [0.3, 0.4) is 0 Å². The molecule has 1 fully saturated rings. The van der Waals surface area contributed by atoms with E-state index in [1.807, 2.05) is 4.90 Å². The lowest BCUT2D eigenvalue weighted by molar-refractivity contribution is -0.383. The predicted octanol–water partition coefficient (Wildman–Crippen LogP) is 1.74. The highest BCUT2D eigenvalue weighted by Gasteiger charge is 2.23. The highest BCUT2D eigenvalue weighted by molar-refractivity contribution is 5.92. The second-order valence-corrected chi connectivity index (χ2v) is 5.24. The van der Waals surface area contributed by atoms with Gasteiger partial charge in [-0.25, -0.2) is 9.78 Å². The van der Waals surface area contributed by atoms with Crippen LogP contribution >= 0.6 is 0 Å². The van der Waals surface area contributed by atoms with Crippen molar-refractivity contribution in [2.75, 3.05) is 36.4 Å². The minimum atomic E-state index is -0.512. The Kier molecular flexibility index (Phi) is 4.50. The molecule has 124 valence electrons. The fourth-order valence-corrected chi connectivity index (χ4v) is 2.53. The van der Waals surface area contributed by atoms with E-state index in [2.05, 4.69) is 15.3 Å². The highest BCUT2D eigenvalue weighted by atomic mass is 16.6. The molecule has 2 amide bonds. The zero-order valence-corrected chi connectivity index (χ0v) is 12.8. The number of aromatic nitrogens is 2. The second-order valence-electron chi connectivity index (χ2n) is 5.24. The van der Waals surface area contributed by atoms with E-state index in [1.165, 1.54) is 12.1 Å². The molecule has 0 atom stereocenters. The normalized spacial score (nSPS) is 14.3. The average Bonchev–Trinajstić information content (AvgIpc) is 2.63. The molecular formula is C15H16N6O3. The highest BCUT2D eigenvalue weighted by Crippen LogP contribution is 2.23. The Morgan fingerprint density at radius 1 is 1.17 bits per heavy atom. The molecule has 2 aromatic rings. The number of nitro groups is 1. The van der Waals surface area contributed by atoms with Crippen molar-refractivity contribution in [3.05, 3.63) is 53.0 Å². The molecule has 0 unspecified atom stereocenters. The number of amides is 2. The van der Waals surface area contributed by atoms with Crippen LogP contribution in [-0.2, 0) is 0 Å². The first kappa shape index (κ1) is 15.7. The molecule has 1 aromatic carbocycles. The first-order chi connectivity index (χ1) is 11.6. The van der Waals surface area contributed by atoms with Gasteiger partial charge in [0.25, 0.3) is 5.69 Å². The van der Waals surface area contributed by atoms with Gasteiger partial charge in [0.1, 0.15) is 11.5 Å². The van der Waals surface area contributed by atoms with Crippen molar-refractivity contribution in [3.63, 3.8) is 0 Å². The van der Waals surface area contributed by atoms with Crippen molar-refractivity contribution in [2.24, 2.45) is 0 Å². The Hall–Kier alpha value is -3.23. The van der Waals surface area contributed by atoms with Gasteiger partial charge in [-0.1, -0.05) is 12.1 Å². The zero-order chi connectivity index (χ0) is 16.9. The molecule has 2 heterocycles. The van der Waals surface area contributed by atoms with E-state index >= 15 is 0 Å². The van der Waals surface area contributed by atoms with E-state index in [4.69, 9.17) is 0 Å². The minimum Gasteiger partial charge on any atom is -0.352 e. The number of nitro benzene ring substituents is 1. The monoisotopic (exact) mass is 328 g/mol. The molecule has 1 aliphatic heterocycles. The Balaban J connectivity index is 1.61. The molecule has 9 heteroatoms. The van der Waals surface area contributed by atoms with Crippen molar-refractivity contribution >= 4 is 23.2 Å². The van der Waals surface area contributed by atoms with Gasteiger partial charge in [-0.2, -0.15) is 0 Å². The van der Waals surface area contributed by atoms with Crippen LogP contribution in [0.2, 0.25) is 0 Å². The zero-order valence-electron chi connectivity index (χ0n) is 12.8. The summed E-state index contributed by atoms with van der Waals surface area (Å²) in [7, 11) is 0. The van der Waals surface area contributed by atoms with Gasteiger partial charge in [-0.15, -0.1) is 0 Å². The number of carbonyl (C=O) groups excluding carboxylic acids is 1. The molecule has 3 rings (SSSR count). The number of anilines is 2. The molecule has 0 aliphatic carbocycles. The van der Waals surface area contributed by atoms with Gasteiger partial charge in [0.05, 0.1) is 11.1 Å². The molecule has 1 saturated heterocycles. The number of benzene rings is 1. The molecule has 0 radical (unpaired) electrons. The molecule has 9 nitrogen and oxygen atoms in total. The molecule has 1 N–H and O–H groups in total. The number of carbonyl (C=O) groups is 1. The van der Waals surface area contributed by atoms with Crippen LogP contribution in [0.15, 0.2) is 42.9 Å². The molecular weight excluding hydrogens is 312 g/mol. The van der Waals surface area contributed by atoms with Crippen LogP contribution in [0, 0.1) is 10.1 Å². The number of rotatable bonds is 3. The number of hydrogen-bond acceptors (Lipinski definition) is 6. The Morgan fingerprint density at radius 3 is 2.58 bits per heavy atom. The SMILES string of the molecule is O=C(Nc1ccccc1[N+](=O)[O-])N1CCN(c2cnccn2)CC1. The predicted molar refractivity (Wildman–Crippen MR) is 87.9 cm³/mol. The quantitative estimate of drug-likeness (QED) is 0.680. The van der Waals surface area contributed by atoms with Crippen molar-refractivity contribution < 1.29 is 9.72 Å². The van der Waals surface area contributed by atoms with Crippen LogP contribution in [0.1, 0.15) is 0 Å². The van der Waals surface area contributed by atoms with Crippen LogP contribution < -0.4 is 10.2 Å². The van der Waals surface area contributed by atoms with Gasteiger partial charge in [0, 0.05) is 44.6 Å². The third kappa shape index (κ3) is 3.40. The van der Waals surface area contributed by atoms with Crippen molar-refractivity contribution in [1.29, 1.82) is 0 Å². The number of nitrogens with zero attached hydrogens (tertiary/aromatic N) is 5. The van der Waals surface area contributed by atoms with Crippen molar-refractivity contribution in [2.45, 2.75) is 0 Å². The maximum atomic E-state index is 12.3. The summed E-state index contributed by atoms with van der Waals surface area (Å²) >= 11 is 0. The lowest BCUT2D eigenvalue weighted by Gasteiger charge is -2.35. The number of nitrogens with one attached hydrogen (secondary N) is 1. The average molecular weight is 328 g/mol. The van der Waals surface area contributed by atoms with Gasteiger partial charge in [-0.05, 0) is 6.07 Å². The van der Waals surface area contributed by atoms with Crippen LogP contribution in [0.4, 0.5) is 22.0 Å². The van der Waals surface area contributed by atoms with Gasteiger partial charge >= 0.3 is 6.03 Å². The molecule has 1 aromatic heterocycles. The largest absolute Gasteiger partial charge is 0.352 e. The van der Waals surface area contributed by atoms with Gasteiger partial charge in [0.15, 0.2) is 0 Å². The molecule has 24 heavy (non-hydrogen) atoms. The minimum absolute atomic E-state index is 0.121. The van der Waals surface area contributed by atoms with Gasteiger partial charge < -0.3 is 15.1 Å². The third-order valence-corrected chi connectivity index (χ3v) is 3.78. The molecule has 0 saturated carbocycles. The summed E-state index contributed by atoms with van der Waals surface area (Å²) in [6.45, 7) is 2.26. The summed E-state index contributed by atoms with van der Waals surface area (Å²) in [5.41, 5.74) is 0.0768. The van der Waals surface area contributed by atoms with E-state index in [1.54, 1.807) is 35.6 Å². The number of urea groups is 1. The van der Waals surface area contributed by atoms with E-state index in [0.29, 0.717) is 26.2 Å².